The summed E-state index contributed by atoms with van der Waals surface area (Å²) in [6.07, 6.45) is 1.03. The highest BCUT2D eigenvalue weighted by molar-refractivity contribution is 5.94. The second-order valence-electron chi connectivity index (χ2n) is 5.02. The number of hydrogen-bond acceptors (Lipinski definition) is 3. The number of benzene rings is 1. The predicted molar refractivity (Wildman–Crippen MR) is 82.9 cm³/mol. The van der Waals surface area contributed by atoms with Crippen molar-refractivity contribution in [2.24, 2.45) is 0 Å². The van der Waals surface area contributed by atoms with Crippen LogP contribution in [0.25, 0.3) is 0 Å². The van der Waals surface area contributed by atoms with Crippen molar-refractivity contribution in [3.8, 4) is 11.8 Å². The van der Waals surface area contributed by atoms with Gasteiger partial charge < -0.3 is 15.1 Å². The molecule has 1 aromatic rings. The van der Waals surface area contributed by atoms with Crippen molar-refractivity contribution in [1.82, 2.24) is 4.90 Å². The van der Waals surface area contributed by atoms with Gasteiger partial charge in [-0.15, -0.1) is 0 Å². The largest absolute Gasteiger partial charge is 0.396 e. The Balaban J connectivity index is 2.79. The first-order chi connectivity index (χ1) is 10.1. The molecule has 4 heteroatoms. The molecule has 1 aromatic carbocycles. The number of aliphatic hydroxyl groups is 2. The Morgan fingerprint density at radius 1 is 1.19 bits per heavy atom. The van der Waals surface area contributed by atoms with Crippen LogP contribution in [0.4, 0.5) is 0 Å². The molecule has 0 unspecified atom stereocenters. The van der Waals surface area contributed by atoms with Gasteiger partial charge in [0, 0.05) is 36.7 Å². The molecular weight excluding hydrogens is 266 g/mol. The number of carbonyl (C=O) groups excluding carboxylic acids is 1. The summed E-state index contributed by atoms with van der Waals surface area (Å²) in [5, 5.41) is 17.6. The quantitative estimate of drug-likeness (QED) is 0.783. The first-order valence-corrected chi connectivity index (χ1v) is 7.21. The van der Waals surface area contributed by atoms with E-state index in [2.05, 4.69) is 11.8 Å². The van der Waals surface area contributed by atoms with Crippen molar-refractivity contribution in [1.29, 1.82) is 0 Å². The van der Waals surface area contributed by atoms with Gasteiger partial charge in [-0.05, 0) is 44.5 Å². The van der Waals surface area contributed by atoms with Crippen LogP contribution in [-0.2, 0) is 0 Å². The van der Waals surface area contributed by atoms with Crippen molar-refractivity contribution in [3.63, 3.8) is 0 Å². The van der Waals surface area contributed by atoms with Crippen LogP contribution in [0.3, 0.4) is 0 Å². The van der Waals surface area contributed by atoms with Crippen LogP contribution in [0, 0.1) is 11.8 Å². The highest BCUT2D eigenvalue weighted by atomic mass is 16.3. The number of rotatable bonds is 6. The molecule has 0 aliphatic heterocycles. The van der Waals surface area contributed by atoms with Crippen LogP contribution in [0.1, 0.15) is 42.6 Å². The maximum Gasteiger partial charge on any atom is 0.254 e. The molecule has 0 aliphatic rings. The molecule has 0 saturated carbocycles. The molecule has 0 bridgehead atoms. The van der Waals surface area contributed by atoms with Gasteiger partial charge in [0.05, 0.1) is 6.61 Å². The summed E-state index contributed by atoms with van der Waals surface area (Å²) >= 11 is 0. The Kier molecular flexibility index (Phi) is 7.52. The molecule has 0 atom stereocenters. The molecule has 0 radical (unpaired) electrons. The minimum atomic E-state index is -0.0340. The lowest BCUT2D eigenvalue weighted by Crippen LogP contribution is -2.38. The standard InChI is InChI=1S/C17H23NO3/c1-14(2)18(11-5-13-20)17(21)16-9-7-15(8-10-16)6-3-4-12-19/h7-10,14,19-20H,4-5,11-13H2,1-2H3. The van der Waals surface area contributed by atoms with Crippen LogP contribution in [0.5, 0.6) is 0 Å². The van der Waals surface area contributed by atoms with E-state index in [4.69, 9.17) is 10.2 Å². The minimum absolute atomic E-state index is 0.0340. The normalized spacial score (nSPS) is 10.1. The zero-order valence-electron chi connectivity index (χ0n) is 12.7. The molecule has 0 saturated heterocycles. The van der Waals surface area contributed by atoms with E-state index in [1.54, 1.807) is 17.0 Å². The first kappa shape index (κ1) is 17.2. The van der Waals surface area contributed by atoms with Gasteiger partial charge in [-0.1, -0.05) is 11.8 Å². The summed E-state index contributed by atoms with van der Waals surface area (Å²) < 4.78 is 0. The lowest BCUT2D eigenvalue weighted by Gasteiger charge is -2.26. The summed E-state index contributed by atoms with van der Waals surface area (Å²) in [6, 6.07) is 7.23. The minimum Gasteiger partial charge on any atom is -0.396 e. The highest BCUT2D eigenvalue weighted by Crippen LogP contribution is 2.10. The van der Waals surface area contributed by atoms with Gasteiger partial charge >= 0.3 is 0 Å². The number of amides is 1. The second kappa shape index (κ2) is 9.17. The molecule has 4 nitrogen and oxygen atoms in total. The predicted octanol–water partition coefficient (Wildman–Crippen LogP) is 1.65. The third kappa shape index (κ3) is 5.58. The molecule has 0 fully saturated rings. The van der Waals surface area contributed by atoms with E-state index in [0.717, 1.165) is 5.56 Å². The number of hydrogen-bond donors (Lipinski definition) is 2. The van der Waals surface area contributed by atoms with Crippen molar-refractivity contribution in [2.75, 3.05) is 19.8 Å². The third-order valence-corrected chi connectivity index (χ3v) is 3.04. The molecule has 114 valence electrons. The second-order valence-corrected chi connectivity index (χ2v) is 5.02. The Bertz CT molecular complexity index is 497. The van der Waals surface area contributed by atoms with Gasteiger partial charge in [0.2, 0.25) is 0 Å². The summed E-state index contributed by atoms with van der Waals surface area (Å²) in [7, 11) is 0. The number of nitrogens with zero attached hydrogens (tertiary/aromatic N) is 1. The van der Waals surface area contributed by atoms with Crippen molar-refractivity contribution in [2.45, 2.75) is 32.7 Å². The molecule has 0 aromatic heterocycles. The zero-order chi connectivity index (χ0) is 15.7. The van der Waals surface area contributed by atoms with E-state index in [-0.39, 0.29) is 25.2 Å². The Morgan fingerprint density at radius 3 is 2.38 bits per heavy atom. The summed E-state index contributed by atoms with van der Waals surface area (Å²) in [5.41, 5.74) is 1.45. The number of carbonyl (C=O) groups is 1. The molecular formula is C17H23NO3. The van der Waals surface area contributed by atoms with Gasteiger partial charge in [-0.2, -0.15) is 0 Å². The van der Waals surface area contributed by atoms with E-state index in [1.165, 1.54) is 0 Å². The topological polar surface area (TPSA) is 60.8 Å². The van der Waals surface area contributed by atoms with E-state index in [0.29, 0.717) is 24.9 Å². The lowest BCUT2D eigenvalue weighted by atomic mass is 10.1. The van der Waals surface area contributed by atoms with E-state index in [9.17, 15) is 4.79 Å². The third-order valence-electron chi connectivity index (χ3n) is 3.04. The molecule has 0 aliphatic carbocycles. The maximum atomic E-state index is 12.4. The first-order valence-electron chi connectivity index (χ1n) is 7.21. The molecule has 1 rings (SSSR count). The van der Waals surface area contributed by atoms with Crippen LogP contribution in [-0.4, -0.2) is 46.8 Å². The Labute approximate surface area is 126 Å². The highest BCUT2D eigenvalue weighted by Gasteiger charge is 2.17. The lowest BCUT2D eigenvalue weighted by molar-refractivity contribution is 0.0693. The molecule has 2 N–H and O–H groups in total. The molecule has 1 amide bonds. The summed E-state index contributed by atoms with van der Waals surface area (Å²) in [6.45, 7) is 4.60. The van der Waals surface area contributed by atoms with E-state index < -0.39 is 0 Å². The summed E-state index contributed by atoms with van der Waals surface area (Å²) in [4.78, 5) is 14.2. The molecule has 21 heavy (non-hydrogen) atoms. The van der Waals surface area contributed by atoms with Crippen molar-refractivity contribution in [3.05, 3.63) is 35.4 Å². The Hall–Kier alpha value is -1.83. The smallest absolute Gasteiger partial charge is 0.254 e. The van der Waals surface area contributed by atoms with Crippen LogP contribution < -0.4 is 0 Å². The monoisotopic (exact) mass is 289 g/mol. The van der Waals surface area contributed by atoms with E-state index >= 15 is 0 Å². The fourth-order valence-electron chi connectivity index (χ4n) is 1.92. The number of aliphatic hydroxyl groups excluding tert-OH is 2. The average Bonchev–Trinajstić information content (AvgIpc) is 2.48. The van der Waals surface area contributed by atoms with Crippen LogP contribution in [0.2, 0.25) is 0 Å². The fourth-order valence-corrected chi connectivity index (χ4v) is 1.92. The van der Waals surface area contributed by atoms with Gasteiger partial charge in [0.1, 0.15) is 0 Å². The maximum absolute atomic E-state index is 12.4. The van der Waals surface area contributed by atoms with Gasteiger partial charge in [0.15, 0.2) is 0 Å². The molecule has 0 spiro atoms. The SMILES string of the molecule is CC(C)N(CCCO)C(=O)c1ccc(C#CCCO)cc1. The zero-order valence-corrected chi connectivity index (χ0v) is 12.7. The van der Waals surface area contributed by atoms with Crippen molar-refractivity contribution >= 4 is 5.91 Å². The van der Waals surface area contributed by atoms with Crippen LogP contribution >= 0.6 is 0 Å². The summed E-state index contributed by atoms with van der Waals surface area (Å²) in [5.74, 6) is 5.74. The van der Waals surface area contributed by atoms with Gasteiger partial charge in [-0.25, -0.2) is 0 Å². The van der Waals surface area contributed by atoms with E-state index in [1.807, 2.05) is 26.0 Å². The molecule has 0 heterocycles. The van der Waals surface area contributed by atoms with Crippen molar-refractivity contribution < 1.29 is 15.0 Å². The average molecular weight is 289 g/mol. The van der Waals surface area contributed by atoms with Gasteiger partial charge in [-0.3, -0.25) is 4.79 Å². The van der Waals surface area contributed by atoms with Gasteiger partial charge in [0.25, 0.3) is 5.91 Å². The fraction of sp³-hybridized carbons (Fsp3) is 0.471. The Morgan fingerprint density at radius 2 is 1.86 bits per heavy atom. The van der Waals surface area contributed by atoms with Crippen LogP contribution in [0.15, 0.2) is 24.3 Å².